The molecular formula is C13H16ClN3O. The van der Waals surface area contributed by atoms with Crippen LogP contribution >= 0.6 is 11.6 Å². The summed E-state index contributed by atoms with van der Waals surface area (Å²) in [4.78, 5) is 4.25. The number of aryl methyl sites for hydroxylation is 1. The number of halogens is 1. The minimum Gasteiger partial charge on any atom is -0.491 e. The Hall–Kier alpha value is -1.52. The van der Waals surface area contributed by atoms with Crippen molar-refractivity contribution in [3.63, 3.8) is 0 Å². The summed E-state index contributed by atoms with van der Waals surface area (Å²) in [5.74, 6) is 1.55. The Morgan fingerprint density at radius 1 is 1.50 bits per heavy atom. The molecule has 4 nitrogen and oxygen atoms in total. The molecule has 0 aliphatic heterocycles. The van der Waals surface area contributed by atoms with Crippen molar-refractivity contribution < 1.29 is 4.74 Å². The molecule has 18 heavy (non-hydrogen) atoms. The van der Waals surface area contributed by atoms with Crippen LogP contribution in [0.1, 0.15) is 18.8 Å². The lowest BCUT2D eigenvalue weighted by atomic mass is 10.3. The van der Waals surface area contributed by atoms with Crippen LogP contribution in [-0.4, -0.2) is 16.2 Å². The monoisotopic (exact) mass is 265 g/mol. The Balaban J connectivity index is 1.98. The standard InChI is InChI=1S/C13H16ClN3O/c1-2-17-7-6-16-13(17)12(15)9-18-11-5-3-4-10(14)8-11/h3-8,12H,2,9,15H2,1H3. The highest BCUT2D eigenvalue weighted by Gasteiger charge is 2.12. The molecule has 1 aromatic heterocycles. The van der Waals surface area contributed by atoms with E-state index in [1.54, 1.807) is 18.3 Å². The average molecular weight is 266 g/mol. The van der Waals surface area contributed by atoms with Crippen LogP contribution in [0.4, 0.5) is 0 Å². The van der Waals surface area contributed by atoms with E-state index in [9.17, 15) is 0 Å². The van der Waals surface area contributed by atoms with Crippen LogP contribution in [0.25, 0.3) is 0 Å². The van der Waals surface area contributed by atoms with Crippen molar-refractivity contribution in [2.75, 3.05) is 6.61 Å². The van der Waals surface area contributed by atoms with Gasteiger partial charge in [0.15, 0.2) is 0 Å². The van der Waals surface area contributed by atoms with Gasteiger partial charge in [-0.1, -0.05) is 17.7 Å². The molecule has 0 fully saturated rings. The third-order valence-electron chi connectivity index (χ3n) is 2.65. The lowest BCUT2D eigenvalue weighted by Crippen LogP contribution is -2.23. The number of imidazole rings is 1. The van der Waals surface area contributed by atoms with Gasteiger partial charge < -0.3 is 15.0 Å². The molecule has 0 spiro atoms. The Morgan fingerprint density at radius 3 is 3.06 bits per heavy atom. The molecule has 5 heteroatoms. The topological polar surface area (TPSA) is 53.1 Å². The van der Waals surface area contributed by atoms with Crippen molar-refractivity contribution in [3.8, 4) is 5.75 Å². The third kappa shape index (κ3) is 3.03. The molecule has 0 radical (unpaired) electrons. The van der Waals surface area contributed by atoms with E-state index < -0.39 is 0 Å². The number of ether oxygens (including phenoxy) is 1. The molecular weight excluding hydrogens is 250 g/mol. The first-order valence-corrected chi connectivity index (χ1v) is 6.23. The summed E-state index contributed by atoms with van der Waals surface area (Å²) in [5.41, 5.74) is 6.06. The SMILES string of the molecule is CCn1ccnc1C(N)COc1cccc(Cl)c1. The first-order chi connectivity index (χ1) is 8.70. The van der Waals surface area contributed by atoms with Crippen molar-refractivity contribution >= 4 is 11.6 Å². The molecule has 0 aliphatic carbocycles. The van der Waals surface area contributed by atoms with Crippen LogP contribution in [-0.2, 0) is 6.54 Å². The summed E-state index contributed by atoms with van der Waals surface area (Å²) in [6.07, 6.45) is 3.66. The summed E-state index contributed by atoms with van der Waals surface area (Å²) >= 11 is 5.88. The molecule has 2 aromatic rings. The molecule has 2 rings (SSSR count). The molecule has 1 atom stereocenters. The average Bonchev–Trinajstić information content (AvgIpc) is 2.84. The van der Waals surface area contributed by atoms with E-state index in [-0.39, 0.29) is 6.04 Å². The molecule has 0 bridgehead atoms. The van der Waals surface area contributed by atoms with Gasteiger partial charge in [0.2, 0.25) is 0 Å². The largest absolute Gasteiger partial charge is 0.491 e. The number of rotatable bonds is 5. The van der Waals surface area contributed by atoms with Gasteiger partial charge in [-0.2, -0.15) is 0 Å². The van der Waals surface area contributed by atoms with Crippen LogP contribution in [0.2, 0.25) is 5.02 Å². The fraction of sp³-hybridized carbons (Fsp3) is 0.308. The number of aromatic nitrogens is 2. The fourth-order valence-corrected chi connectivity index (χ4v) is 1.91. The minimum atomic E-state index is -0.251. The van der Waals surface area contributed by atoms with Crippen LogP contribution in [0.5, 0.6) is 5.75 Å². The number of benzene rings is 1. The zero-order valence-corrected chi connectivity index (χ0v) is 11.0. The Labute approximate surface area is 111 Å². The lowest BCUT2D eigenvalue weighted by Gasteiger charge is -2.14. The molecule has 1 aromatic carbocycles. The quantitative estimate of drug-likeness (QED) is 0.904. The van der Waals surface area contributed by atoms with Gasteiger partial charge in [-0.3, -0.25) is 0 Å². The first kappa shape index (κ1) is 12.9. The molecule has 2 N–H and O–H groups in total. The second kappa shape index (κ2) is 5.89. The van der Waals surface area contributed by atoms with E-state index in [0.29, 0.717) is 17.4 Å². The van der Waals surface area contributed by atoms with Crippen LogP contribution in [0, 0.1) is 0 Å². The number of nitrogens with zero attached hydrogens (tertiary/aromatic N) is 2. The molecule has 1 heterocycles. The van der Waals surface area contributed by atoms with Crippen LogP contribution < -0.4 is 10.5 Å². The van der Waals surface area contributed by atoms with Crippen molar-refractivity contribution in [1.29, 1.82) is 0 Å². The Kier molecular flexibility index (Phi) is 4.23. The Morgan fingerprint density at radius 2 is 2.33 bits per heavy atom. The normalized spacial score (nSPS) is 12.4. The van der Waals surface area contributed by atoms with Gasteiger partial charge in [0.05, 0.1) is 6.04 Å². The van der Waals surface area contributed by atoms with E-state index >= 15 is 0 Å². The summed E-state index contributed by atoms with van der Waals surface area (Å²) in [5, 5.41) is 0.649. The first-order valence-electron chi connectivity index (χ1n) is 5.85. The lowest BCUT2D eigenvalue weighted by molar-refractivity contribution is 0.283. The minimum absolute atomic E-state index is 0.251. The molecule has 0 saturated carbocycles. The van der Waals surface area contributed by atoms with Gasteiger partial charge in [0.1, 0.15) is 18.2 Å². The van der Waals surface area contributed by atoms with Crippen LogP contribution in [0.3, 0.4) is 0 Å². The van der Waals surface area contributed by atoms with Gasteiger partial charge >= 0.3 is 0 Å². The van der Waals surface area contributed by atoms with Gasteiger partial charge in [-0.25, -0.2) is 4.98 Å². The van der Waals surface area contributed by atoms with Gasteiger partial charge in [-0.15, -0.1) is 0 Å². The number of nitrogens with two attached hydrogens (primary N) is 1. The number of hydrogen-bond donors (Lipinski definition) is 1. The predicted octanol–water partition coefficient (Wildman–Crippen LogP) is 2.64. The van der Waals surface area contributed by atoms with Gasteiger partial charge in [0.25, 0.3) is 0 Å². The zero-order chi connectivity index (χ0) is 13.0. The third-order valence-corrected chi connectivity index (χ3v) is 2.88. The Bertz CT molecular complexity index is 512. The van der Waals surface area contributed by atoms with Crippen LogP contribution in [0.15, 0.2) is 36.7 Å². The molecule has 96 valence electrons. The molecule has 1 unspecified atom stereocenters. The molecule has 0 amide bonds. The second-order valence-electron chi connectivity index (χ2n) is 3.95. The van der Waals surface area contributed by atoms with Crippen molar-refractivity contribution in [3.05, 3.63) is 47.5 Å². The molecule has 0 aliphatic rings. The zero-order valence-electron chi connectivity index (χ0n) is 10.2. The van der Waals surface area contributed by atoms with Crippen molar-refractivity contribution in [1.82, 2.24) is 9.55 Å². The van der Waals surface area contributed by atoms with E-state index in [2.05, 4.69) is 11.9 Å². The van der Waals surface area contributed by atoms with Crippen molar-refractivity contribution in [2.24, 2.45) is 5.73 Å². The maximum atomic E-state index is 6.06. The van der Waals surface area contributed by atoms with Crippen molar-refractivity contribution in [2.45, 2.75) is 19.5 Å². The van der Waals surface area contributed by atoms with E-state index in [4.69, 9.17) is 22.1 Å². The smallest absolute Gasteiger partial charge is 0.129 e. The molecule has 0 saturated heterocycles. The van der Waals surface area contributed by atoms with E-state index in [0.717, 1.165) is 12.4 Å². The highest BCUT2D eigenvalue weighted by Crippen LogP contribution is 2.18. The van der Waals surface area contributed by atoms with Gasteiger partial charge in [0, 0.05) is 24.0 Å². The maximum absolute atomic E-state index is 6.06. The predicted molar refractivity (Wildman–Crippen MR) is 71.8 cm³/mol. The van der Waals surface area contributed by atoms with E-state index in [1.807, 2.05) is 22.9 Å². The fourth-order valence-electron chi connectivity index (χ4n) is 1.73. The summed E-state index contributed by atoms with van der Waals surface area (Å²) in [6.45, 7) is 3.27. The highest BCUT2D eigenvalue weighted by atomic mass is 35.5. The summed E-state index contributed by atoms with van der Waals surface area (Å²) in [7, 11) is 0. The second-order valence-corrected chi connectivity index (χ2v) is 4.38. The summed E-state index contributed by atoms with van der Waals surface area (Å²) < 4.78 is 7.62. The maximum Gasteiger partial charge on any atom is 0.129 e. The van der Waals surface area contributed by atoms with E-state index in [1.165, 1.54) is 0 Å². The number of hydrogen-bond acceptors (Lipinski definition) is 3. The van der Waals surface area contributed by atoms with Gasteiger partial charge in [-0.05, 0) is 25.1 Å². The highest BCUT2D eigenvalue weighted by molar-refractivity contribution is 6.30. The summed E-state index contributed by atoms with van der Waals surface area (Å²) in [6, 6.07) is 7.01.